The lowest BCUT2D eigenvalue weighted by molar-refractivity contribution is -0.117. The standard InChI is InChI=1S/C13H18N2O3S/c1-2-9-19(17,18)15-12-7-5-11(6-8-12)14-13(16)10-3-4-10/h5-8,10,15H,2-4,9H2,1H3,(H,14,16). The van der Waals surface area contributed by atoms with Gasteiger partial charge in [0, 0.05) is 17.3 Å². The maximum atomic E-state index is 11.6. The van der Waals surface area contributed by atoms with E-state index in [1.807, 2.05) is 6.92 Å². The van der Waals surface area contributed by atoms with Crippen molar-refractivity contribution >= 4 is 27.3 Å². The van der Waals surface area contributed by atoms with Crippen molar-refractivity contribution in [2.45, 2.75) is 26.2 Å². The number of rotatable bonds is 6. The molecule has 0 bridgehead atoms. The molecule has 1 fully saturated rings. The van der Waals surface area contributed by atoms with Crippen LogP contribution in [0.1, 0.15) is 26.2 Å². The van der Waals surface area contributed by atoms with E-state index in [4.69, 9.17) is 0 Å². The molecular formula is C13H18N2O3S. The van der Waals surface area contributed by atoms with E-state index in [2.05, 4.69) is 10.0 Å². The molecule has 0 saturated heterocycles. The number of carbonyl (C=O) groups is 1. The maximum absolute atomic E-state index is 11.6. The van der Waals surface area contributed by atoms with Crippen LogP contribution >= 0.6 is 0 Å². The Morgan fingerprint density at radius 2 is 1.79 bits per heavy atom. The molecule has 0 aliphatic heterocycles. The van der Waals surface area contributed by atoms with E-state index >= 15 is 0 Å². The smallest absolute Gasteiger partial charge is 0.232 e. The molecule has 0 unspecified atom stereocenters. The summed E-state index contributed by atoms with van der Waals surface area (Å²) < 4.78 is 25.7. The SMILES string of the molecule is CCCS(=O)(=O)Nc1ccc(NC(=O)C2CC2)cc1. The van der Waals surface area contributed by atoms with Crippen molar-refractivity contribution in [3.05, 3.63) is 24.3 Å². The van der Waals surface area contributed by atoms with Gasteiger partial charge in [0.1, 0.15) is 0 Å². The van der Waals surface area contributed by atoms with Crippen LogP contribution in [0.4, 0.5) is 11.4 Å². The zero-order chi connectivity index (χ0) is 13.9. The van der Waals surface area contributed by atoms with Gasteiger partial charge in [-0.2, -0.15) is 0 Å². The van der Waals surface area contributed by atoms with Gasteiger partial charge >= 0.3 is 0 Å². The highest BCUT2D eigenvalue weighted by molar-refractivity contribution is 7.92. The third kappa shape index (κ3) is 4.24. The molecule has 1 saturated carbocycles. The number of benzene rings is 1. The molecule has 6 heteroatoms. The highest BCUT2D eigenvalue weighted by Gasteiger charge is 2.29. The van der Waals surface area contributed by atoms with Gasteiger partial charge in [0.25, 0.3) is 0 Å². The molecule has 2 rings (SSSR count). The first kappa shape index (κ1) is 13.9. The van der Waals surface area contributed by atoms with Crippen molar-refractivity contribution in [3.63, 3.8) is 0 Å². The molecule has 104 valence electrons. The van der Waals surface area contributed by atoms with Gasteiger partial charge in [-0.05, 0) is 43.5 Å². The number of anilines is 2. The quantitative estimate of drug-likeness (QED) is 0.839. The second-order valence-corrected chi connectivity index (χ2v) is 6.60. The van der Waals surface area contributed by atoms with Crippen LogP contribution in [0.15, 0.2) is 24.3 Å². The molecule has 1 aliphatic rings. The largest absolute Gasteiger partial charge is 0.326 e. The summed E-state index contributed by atoms with van der Waals surface area (Å²) in [4.78, 5) is 11.6. The topological polar surface area (TPSA) is 75.3 Å². The van der Waals surface area contributed by atoms with Crippen molar-refractivity contribution in [1.29, 1.82) is 0 Å². The summed E-state index contributed by atoms with van der Waals surface area (Å²) in [6.45, 7) is 1.82. The molecule has 1 amide bonds. The van der Waals surface area contributed by atoms with E-state index in [9.17, 15) is 13.2 Å². The van der Waals surface area contributed by atoms with Crippen LogP contribution in [0.5, 0.6) is 0 Å². The molecule has 1 aromatic rings. The average Bonchev–Trinajstić information content (AvgIpc) is 3.15. The molecule has 0 heterocycles. The summed E-state index contributed by atoms with van der Waals surface area (Å²) in [7, 11) is -3.26. The highest BCUT2D eigenvalue weighted by Crippen LogP contribution is 2.30. The molecule has 0 aromatic heterocycles. The van der Waals surface area contributed by atoms with Crippen molar-refractivity contribution in [3.8, 4) is 0 Å². The van der Waals surface area contributed by atoms with Gasteiger partial charge in [-0.15, -0.1) is 0 Å². The molecule has 1 aromatic carbocycles. The van der Waals surface area contributed by atoms with Gasteiger partial charge in [-0.1, -0.05) is 6.92 Å². The number of nitrogens with one attached hydrogen (secondary N) is 2. The lowest BCUT2D eigenvalue weighted by Gasteiger charge is -2.08. The van der Waals surface area contributed by atoms with Crippen LogP contribution in [-0.4, -0.2) is 20.1 Å². The molecule has 19 heavy (non-hydrogen) atoms. The highest BCUT2D eigenvalue weighted by atomic mass is 32.2. The molecule has 1 aliphatic carbocycles. The monoisotopic (exact) mass is 282 g/mol. The van der Waals surface area contributed by atoms with Gasteiger partial charge in [-0.3, -0.25) is 9.52 Å². The fourth-order valence-electron chi connectivity index (χ4n) is 1.71. The van der Waals surface area contributed by atoms with E-state index in [0.29, 0.717) is 17.8 Å². The first-order valence-corrected chi connectivity index (χ1v) is 8.07. The number of hydrogen-bond acceptors (Lipinski definition) is 3. The van der Waals surface area contributed by atoms with Gasteiger partial charge in [0.15, 0.2) is 0 Å². The van der Waals surface area contributed by atoms with E-state index in [1.54, 1.807) is 24.3 Å². The van der Waals surface area contributed by atoms with Gasteiger partial charge < -0.3 is 5.32 Å². The summed E-state index contributed by atoms with van der Waals surface area (Å²) in [6, 6.07) is 6.69. The predicted octanol–water partition coefficient (Wildman–Crippen LogP) is 2.19. The van der Waals surface area contributed by atoms with E-state index in [-0.39, 0.29) is 17.6 Å². The fourth-order valence-corrected chi connectivity index (χ4v) is 2.85. The maximum Gasteiger partial charge on any atom is 0.232 e. The van der Waals surface area contributed by atoms with Crippen molar-refractivity contribution in [2.24, 2.45) is 5.92 Å². The second kappa shape index (κ2) is 5.61. The summed E-state index contributed by atoms with van der Waals surface area (Å²) in [5, 5.41) is 2.80. The first-order valence-electron chi connectivity index (χ1n) is 6.41. The van der Waals surface area contributed by atoms with Crippen LogP contribution in [0.25, 0.3) is 0 Å². The van der Waals surface area contributed by atoms with Gasteiger partial charge in [0.05, 0.1) is 5.75 Å². The Morgan fingerprint density at radius 1 is 1.21 bits per heavy atom. The minimum Gasteiger partial charge on any atom is -0.326 e. The lowest BCUT2D eigenvalue weighted by atomic mass is 10.2. The number of amides is 1. The zero-order valence-corrected chi connectivity index (χ0v) is 11.7. The Labute approximate surface area is 113 Å². The Hall–Kier alpha value is -1.56. The van der Waals surface area contributed by atoms with Crippen molar-refractivity contribution in [2.75, 3.05) is 15.8 Å². The Morgan fingerprint density at radius 3 is 2.32 bits per heavy atom. The van der Waals surface area contributed by atoms with Crippen LogP contribution in [0, 0.1) is 5.92 Å². The van der Waals surface area contributed by atoms with Crippen LogP contribution in [-0.2, 0) is 14.8 Å². The normalized spacial score (nSPS) is 15.0. The second-order valence-electron chi connectivity index (χ2n) is 4.76. The summed E-state index contributed by atoms with van der Waals surface area (Å²) in [6.07, 6.45) is 2.49. The molecule has 0 atom stereocenters. The van der Waals surface area contributed by atoms with Gasteiger partial charge in [-0.25, -0.2) is 8.42 Å². The van der Waals surface area contributed by atoms with E-state index in [1.165, 1.54) is 0 Å². The van der Waals surface area contributed by atoms with Crippen LogP contribution in [0.2, 0.25) is 0 Å². The number of carbonyl (C=O) groups excluding carboxylic acids is 1. The lowest BCUT2D eigenvalue weighted by Crippen LogP contribution is -2.16. The molecule has 5 nitrogen and oxygen atoms in total. The minimum atomic E-state index is -3.26. The molecule has 0 radical (unpaired) electrons. The number of sulfonamides is 1. The average molecular weight is 282 g/mol. The summed E-state index contributed by atoms with van der Waals surface area (Å²) in [5.74, 6) is 0.301. The predicted molar refractivity (Wildman–Crippen MR) is 75.5 cm³/mol. The molecule has 2 N–H and O–H groups in total. The molecular weight excluding hydrogens is 264 g/mol. The number of hydrogen-bond donors (Lipinski definition) is 2. The fraction of sp³-hybridized carbons (Fsp3) is 0.462. The molecule has 0 spiro atoms. The third-order valence-corrected chi connectivity index (χ3v) is 4.34. The minimum absolute atomic E-state index is 0.0410. The van der Waals surface area contributed by atoms with E-state index in [0.717, 1.165) is 12.8 Å². The van der Waals surface area contributed by atoms with Gasteiger partial charge in [0.2, 0.25) is 15.9 Å². The summed E-state index contributed by atoms with van der Waals surface area (Å²) in [5.41, 5.74) is 1.20. The third-order valence-electron chi connectivity index (χ3n) is 2.85. The van der Waals surface area contributed by atoms with Crippen LogP contribution in [0.3, 0.4) is 0 Å². The van der Waals surface area contributed by atoms with Crippen LogP contribution < -0.4 is 10.0 Å². The summed E-state index contributed by atoms with van der Waals surface area (Å²) >= 11 is 0. The van der Waals surface area contributed by atoms with Crippen molar-refractivity contribution in [1.82, 2.24) is 0 Å². The van der Waals surface area contributed by atoms with E-state index < -0.39 is 10.0 Å². The Kier molecular flexibility index (Phi) is 4.09. The van der Waals surface area contributed by atoms with Crippen molar-refractivity contribution < 1.29 is 13.2 Å². The zero-order valence-electron chi connectivity index (χ0n) is 10.8. The Balaban J connectivity index is 1.96. The Bertz CT molecular complexity index is 548. The first-order chi connectivity index (χ1) is 9.00.